The maximum absolute atomic E-state index is 12.0. The fraction of sp³-hybridized carbons (Fsp3) is 0.385. The number of pyridine rings is 1. The Morgan fingerprint density at radius 2 is 2.24 bits per heavy atom. The first-order valence-corrected chi connectivity index (χ1v) is 6.15. The Morgan fingerprint density at radius 1 is 1.48 bits per heavy atom. The van der Waals surface area contributed by atoms with Crippen molar-refractivity contribution < 1.29 is 22.7 Å². The van der Waals surface area contributed by atoms with Crippen LogP contribution in [0.25, 0.3) is 0 Å². The van der Waals surface area contributed by atoms with Gasteiger partial charge in [-0.2, -0.15) is 0 Å². The second kappa shape index (κ2) is 8.83. The Bertz CT molecular complexity index is 483. The van der Waals surface area contributed by atoms with E-state index in [-0.39, 0.29) is 24.5 Å². The number of hydrogen-bond acceptors (Lipinski definition) is 3. The summed E-state index contributed by atoms with van der Waals surface area (Å²) in [5.74, 6) is 0.0526. The molecule has 0 saturated carbocycles. The van der Waals surface area contributed by atoms with Crippen LogP contribution in [-0.2, 0) is 6.54 Å². The van der Waals surface area contributed by atoms with Gasteiger partial charge in [-0.25, -0.2) is 18.6 Å². The molecular weight excluding hydrogens is 287 g/mol. The first kappa shape index (κ1) is 16.8. The Labute approximate surface area is 120 Å². The van der Waals surface area contributed by atoms with Crippen LogP contribution in [-0.4, -0.2) is 30.7 Å². The SMILES string of the molecule is C=C(CCF)NC(=O)NCc1ccnc(OCC(F)F)c1. The summed E-state index contributed by atoms with van der Waals surface area (Å²) in [6.07, 6.45) is -1.15. The van der Waals surface area contributed by atoms with Crippen molar-refractivity contribution in [1.29, 1.82) is 0 Å². The lowest BCUT2D eigenvalue weighted by Gasteiger charge is -2.09. The number of aromatic nitrogens is 1. The van der Waals surface area contributed by atoms with Crippen LogP contribution in [0.3, 0.4) is 0 Å². The summed E-state index contributed by atoms with van der Waals surface area (Å²) in [5.41, 5.74) is 0.895. The third kappa shape index (κ3) is 7.19. The van der Waals surface area contributed by atoms with Gasteiger partial charge >= 0.3 is 6.03 Å². The average Bonchev–Trinajstić information content (AvgIpc) is 2.43. The lowest BCUT2D eigenvalue weighted by molar-refractivity contribution is 0.0795. The molecule has 0 aliphatic rings. The van der Waals surface area contributed by atoms with Crippen LogP contribution in [0.2, 0.25) is 0 Å². The van der Waals surface area contributed by atoms with E-state index in [4.69, 9.17) is 4.74 Å². The van der Waals surface area contributed by atoms with E-state index in [0.717, 1.165) is 0 Å². The van der Waals surface area contributed by atoms with Crippen molar-refractivity contribution in [3.63, 3.8) is 0 Å². The number of carbonyl (C=O) groups excluding carboxylic acids is 1. The molecule has 1 heterocycles. The van der Waals surface area contributed by atoms with E-state index >= 15 is 0 Å². The lowest BCUT2D eigenvalue weighted by atomic mass is 10.2. The smallest absolute Gasteiger partial charge is 0.319 e. The van der Waals surface area contributed by atoms with E-state index in [2.05, 4.69) is 22.2 Å². The Morgan fingerprint density at radius 3 is 2.90 bits per heavy atom. The number of urea groups is 1. The molecule has 0 atom stereocenters. The van der Waals surface area contributed by atoms with E-state index in [1.54, 1.807) is 6.07 Å². The van der Waals surface area contributed by atoms with Gasteiger partial charge < -0.3 is 15.4 Å². The van der Waals surface area contributed by atoms with E-state index < -0.39 is 25.7 Å². The molecule has 0 aliphatic carbocycles. The molecule has 0 unspecified atom stereocenters. The van der Waals surface area contributed by atoms with Crippen molar-refractivity contribution in [1.82, 2.24) is 15.6 Å². The Hall–Kier alpha value is -2.25. The fourth-order valence-electron chi connectivity index (χ4n) is 1.35. The molecule has 1 aromatic rings. The van der Waals surface area contributed by atoms with Crippen LogP contribution < -0.4 is 15.4 Å². The molecule has 0 spiro atoms. The molecule has 1 aromatic heterocycles. The highest BCUT2D eigenvalue weighted by molar-refractivity contribution is 5.75. The number of alkyl halides is 3. The Kier molecular flexibility index (Phi) is 7.06. The quantitative estimate of drug-likeness (QED) is 0.775. The predicted molar refractivity (Wildman–Crippen MR) is 70.8 cm³/mol. The lowest BCUT2D eigenvalue weighted by Crippen LogP contribution is -2.34. The van der Waals surface area contributed by atoms with E-state index in [1.807, 2.05) is 0 Å². The van der Waals surface area contributed by atoms with Gasteiger partial charge in [0.1, 0.15) is 0 Å². The van der Waals surface area contributed by atoms with Gasteiger partial charge in [0, 0.05) is 30.9 Å². The monoisotopic (exact) mass is 303 g/mol. The van der Waals surface area contributed by atoms with Gasteiger partial charge in [0.2, 0.25) is 5.88 Å². The van der Waals surface area contributed by atoms with Crippen LogP contribution in [0.5, 0.6) is 5.88 Å². The van der Waals surface area contributed by atoms with Gasteiger partial charge in [0.15, 0.2) is 6.61 Å². The number of halogens is 3. The first-order chi connectivity index (χ1) is 10.0. The minimum absolute atomic E-state index is 0.0499. The number of rotatable bonds is 8. The molecular formula is C13H16F3N3O2. The van der Waals surface area contributed by atoms with Crippen molar-refractivity contribution in [2.24, 2.45) is 0 Å². The molecule has 0 fully saturated rings. The van der Waals surface area contributed by atoms with Gasteiger partial charge in [-0.05, 0) is 11.6 Å². The van der Waals surface area contributed by atoms with E-state index in [0.29, 0.717) is 5.56 Å². The van der Waals surface area contributed by atoms with Crippen LogP contribution in [0, 0.1) is 0 Å². The zero-order valence-corrected chi connectivity index (χ0v) is 11.2. The highest BCUT2D eigenvalue weighted by atomic mass is 19.3. The van der Waals surface area contributed by atoms with Crippen LogP contribution in [0.1, 0.15) is 12.0 Å². The minimum Gasteiger partial charge on any atom is -0.472 e. The fourth-order valence-corrected chi connectivity index (χ4v) is 1.35. The van der Waals surface area contributed by atoms with Crippen molar-refractivity contribution >= 4 is 6.03 Å². The topological polar surface area (TPSA) is 63.2 Å². The highest BCUT2D eigenvalue weighted by Gasteiger charge is 2.06. The minimum atomic E-state index is -2.58. The first-order valence-electron chi connectivity index (χ1n) is 6.15. The third-order valence-corrected chi connectivity index (χ3v) is 2.30. The number of allylic oxidation sites excluding steroid dienone is 1. The Balaban J connectivity index is 2.42. The van der Waals surface area contributed by atoms with Gasteiger partial charge in [-0.3, -0.25) is 4.39 Å². The molecule has 8 heteroatoms. The van der Waals surface area contributed by atoms with Crippen LogP contribution in [0.15, 0.2) is 30.6 Å². The average molecular weight is 303 g/mol. The predicted octanol–water partition coefficient (Wildman–Crippen LogP) is 2.40. The van der Waals surface area contributed by atoms with Crippen molar-refractivity contribution in [2.75, 3.05) is 13.3 Å². The van der Waals surface area contributed by atoms with Crippen molar-refractivity contribution in [2.45, 2.75) is 19.4 Å². The molecule has 0 saturated heterocycles. The molecule has 2 amide bonds. The second-order valence-corrected chi connectivity index (χ2v) is 4.05. The summed E-state index contributed by atoms with van der Waals surface area (Å²) in [5, 5.41) is 4.89. The van der Waals surface area contributed by atoms with Crippen LogP contribution >= 0.6 is 0 Å². The maximum Gasteiger partial charge on any atom is 0.319 e. The zero-order valence-electron chi connectivity index (χ0n) is 11.2. The standard InChI is InChI=1S/C13H16F3N3O2/c1-9(2-4-14)19-13(20)18-7-10-3-5-17-12(6-10)21-8-11(15)16/h3,5-6,11H,1-2,4,7-8H2,(H2,18,19,20). The van der Waals surface area contributed by atoms with E-state index in [1.165, 1.54) is 12.3 Å². The number of carbonyl (C=O) groups is 1. The molecule has 1 rings (SSSR count). The molecule has 21 heavy (non-hydrogen) atoms. The number of ether oxygens (including phenoxy) is 1. The third-order valence-electron chi connectivity index (χ3n) is 2.30. The normalized spacial score (nSPS) is 10.3. The summed E-state index contributed by atoms with van der Waals surface area (Å²) in [7, 11) is 0. The largest absolute Gasteiger partial charge is 0.472 e. The number of hydrogen-bond donors (Lipinski definition) is 2. The van der Waals surface area contributed by atoms with Crippen LogP contribution in [0.4, 0.5) is 18.0 Å². The van der Waals surface area contributed by atoms with E-state index in [9.17, 15) is 18.0 Å². The molecule has 5 nitrogen and oxygen atoms in total. The van der Waals surface area contributed by atoms with Gasteiger partial charge in [0.25, 0.3) is 6.43 Å². The van der Waals surface area contributed by atoms with Crippen molar-refractivity contribution in [3.05, 3.63) is 36.2 Å². The highest BCUT2D eigenvalue weighted by Crippen LogP contribution is 2.10. The maximum atomic E-state index is 12.0. The summed E-state index contributed by atoms with van der Waals surface area (Å²) >= 11 is 0. The van der Waals surface area contributed by atoms with Gasteiger partial charge in [0.05, 0.1) is 6.67 Å². The summed E-state index contributed by atoms with van der Waals surface area (Å²) < 4.78 is 40.8. The summed E-state index contributed by atoms with van der Waals surface area (Å²) in [4.78, 5) is 15.2. The van der Waals surface area contributed by atoms with Gasteiger partial charge in [-0.15, -0.1) is 0 Å². The number of nitrogens with zero attached hydrogens (tertiary/aromatic N) is 1. The van der Waals surface area contributed by atoms with Gasteiger partial charge in [-0.1, -0.05) is 6.58 Å². The second-order valence-electron chi connectivity index (χ2n) is 4.05. The summed E-state index contributed by atoms with van der Waals surface area (Å²) in [6, 6.07) is 2.52. The molecule has 2 N–H and O–H groups in total. The molecule has 0 radical (unpaired) electrons. The number of amides is 2. The van der Waals surface area contributed by atoms with Crippen molar-refractivity contribution in [3.8, 4) is 5.88 Å². The molecule has 0 aromatic carbocycles. The number of nitrogens with one attached hydrogen (secondary N) is 2. The summed E-state index contributed by atoms with van der Waals surface area (Å²) in [6.45, 7) is 2.28. The molecule has 0 aliphatic heterocycles. The molecule has 116 valence electrons. The zero-order chi connectivity index (χ0) is 15.7. The molecule has 0 bridgehead atoms.